The molecule has 0 spiro atoms. The molecule has 2 heterocycles. The number of rotatable bonds is 3. The van der Waals surface area contributed by atoms with E-state index in [0.29, 0.717) is 5.69 Å². The number of aromatic amines is 1. The first kappa shape index (κ1) is 16.6. The standard InChI is InChI=1S/C6H9N3O2.C5H5N.Mg.2H/c7-5(6(10)11)1-4-2-8-3-9-4;1-2-4-6-5-3-1;;;/h2-3,5H,1,7H2,(H,8,9)(H,10,11);1-5H;;;. The molecule has 1 atom stereocenters. The largest absolute Gasteiger partial charge is 0.480 e. The minimum Gasteiger partial charge on any atom is -0.480 e. The number of hydrogen-bond acceptors (Lipinski definition) is 4. The van der Waals surface area contributed by atoms with Crippen LogP contribution < -0.4 is 5.73 Å². The van der Waals surface area contributed by atoms with E-state index < -0.39 is 12.0 Å². The molecule has 4 N–H and O–H groups in total. The lowest BCUT2D eigenvalue weighted by atomic mass is 10.2. The Morgan fingerprint density at radius 1 is 1.39 bits per heavy atom. The third kappa shape index (κ3) is 6.99. The molecule has 18 heavy (non-hydrogen) atoms. The van der Waals surface area contributed by atoms with Crippen molar-refractivity contribution in [3.05, 3.63) is 48.8 Å². The third-order valence-electron chi connectivity index (χ3n) is 1.87. The topological polar surface area (TPSA) is 105 Å². The van der Waals surface area contributed by atoms with Gasteiger partial charge < -0.3 is 15.8 Å². The number of aliphatic carboxylic acids is 1. The van der Waals surface area contributed by atoms with E-state index in [4.69, 9.17) is 10.8 Å². The molecule has 0 saturated carbocycles. The predicted octanol–water partition coefficient (Wildman–Crippen LogP) is -0.470. The van der Waals surface area contributed by atoms with Crippen molar-refractivity contribution in [2.45, 2.75) is 12.5 Å². The van der Waals surface area contributed by atoms with Crippen molar-refractivity contribution in [2.75, 3.05) is 0 Å². The summed E-state index contributed by atoms with van der Waals surface area (Å²) < 4.78 is 0. The average molecular weight is 261 g/mol. The number of H-pyrrole nitrogens is 1. The number of imidazole rings is 1. The number of aromatic nitrogens is 3. The van der Waals surface area contributed by atoms with Crippen molar-refractivity contribution in [1.29, 1.82) is 0 Å². The lowest BCUT2D eigenvalue weighted by Gasteiger charge is -2.01. The molecule has 1 unspecified atom stereocenters. The molecule has 2 aromatic rings. The van der Waals surface area contributed by atoms with Crippen molar-refractivity contribution in [1.82, 2.24) is 15.0 Å². The summed E-state index contributed by atoms with van der Waals surface area (Å²) in [5.74, 6) is -1.01. The second kappa shape index (κ2) is 9.57. The average Bonchev–Trinajstić information content (AvgIpc) is 2.85. The van der Waals surface area contributed by atoms with Gasteiger partial charge in [0.15, 0.2) is 0 Å². The van der Waals surface area contributed by atoms with Crippen LogP contribution in [-0.4, -0.2) is 55.1 Å². The molecule has 0 aliphatic carbocycles. The van der Waals surface area contributed by atoms with Crippen molar-refractivity contribution < 1.29 is 9.90 Å². The molecule has 2 aromatic heterocycles. The van der Waals surface area contributed by atoms with E-state index in [-0.39, 0.29) is 29.5 Å². The number of nitrogens with one attached hydrogen (secondary N) is 1. The minimum absolute atomic E-state index is 0. The molecule has 6 nitrogen and oxygen atoms in total. The summed E-state index contributed by atoms with van der Waals surface area (Å²) in [6, 6.07) is 4.85. The minimum atomic E-state index is -1.01. The summed E-state index contributed by atoms with van der Waals surface area (Å²) >= 11 is 0. The molecule has 0 radical (unpaired) electrons. The van der Waals surface area contributed by atoms with Gasteiger partial charge in [-0.3, -0.25) is 9.78 Å². The normalized spacial score (nSPS) is 10.5. The molecule has 0 saturated heterocycles. The molecule has 0 bridgehead atoms. The van der Waals surface area contributed by atoms with E-state index in [1.165, 1.54) is 6.33 Å². The molecular formula is C11H16MgN4O2. The van der Waals surface area contributed by atoms with E-state index >= 15 is 0 Å². The van der Waals surface area contributed by atoms with Crippen LogP contribution in [0.4, 0.5) is 0 Å². The Morgan fingerprint density at radius 3 is 2.39 bits per heavy atom. The summed E-state index contributed by atoms with van der Waals surface area (Å²) in [4.78, 5) is 20.6. The Kier molecular flexibility index (Phi) is 8.80. The molecule has 7 heteroatoms. The Bertz CT molecular complexity index is 395. The Balaban J connectivity index is 0.000000352. The second-order valence-electron chi connectivity index (χ2n) is 3.23. The summed E-state index contributed by atoms with van der Waals surface area (Å²) in [5, 5.41) is 8.42. The van der Waals surface area contributed by atoms with Gasteiger partial charge in [0.1, 0.15) is 6.04 Å². The van der Waals surface area contributed by atoms with Crippen LogP contribution in [0.2, 0.25) is 0 Å². The van der Waals surface area contributed by atoms with Crippen molar-refractivity contribution >= 4 is 29.0 Å². The number of carboxylic acids is 1. The van der Waals surface area contributed by atoms with Crippen LogP contribution in [0.15, 0.2) is 43.1 Å². The fraction of sp³-hybridized carbons (Fsp3) is 0.182. The van der Waals surface area contributed by atoms with Gasteiger partial charge in [-0.25, -0.2) is 4.98 Å². The first-order valence-corrected chi connectivity index (χ1v) is 5.01. The summed E-state index contributed by atoms with van der Waals surface area (Å²) in [7, 11) is 0. The highest BCUT2D eigenvalue weighted by Crippen LogP contribution is 1.95. The van der Waals surface area contributed by atoms with Gasteiger partial charge in [0, 0.05) is 25.0 Å². The van der Waals surface area contributed by atoms with E-state index in [1.807, 2.05) is 18.2 Å². The number of hydrogen-bond donors (Lipinski definition) is 3. The smallest absolute Gasteiger partial charge is 0.320 e. The lowest BCUT2D eigenvalue weighted by molar-refractivity contribution is -0.138. The van der Waals surface area contributed by atoms with Gasteiger partial charge in [-0.1, -0.05) is 6.07 Å². The number of nitrogens with two attached hydrogens (primary N) is 1. The monoisotopic (exact) mass is 260 g/mol. The molecule has 2 rings (SSSR count). The van der Waals surface area contributed by atoms with Crippen LogP contribution in [0.1, 0.15) is 5.69 Å². The van der Waals surface area contributed by atoms with Gasteiger partial charge in [-0.15, -0.1) is 0 Å². The van der Waals surface area contributed by atoms with Crippen molar-refractivity contribution in [3.63, 3.8) is 0 Å². The van der Waals surface area contributed by atoms with E-state index in [0.717, 1.165) is 0 Å². The van der Waals surface area contributed by atoms with Gasteiger partial charge in [-0.2, -0.15) is 0 Å². The van der Waals surface area contributed by atoms with E-state index in [9.17, 15) is 4.79 Å². The van der Waals surface area contributed by atoms with E-state index in [1.54, 1.807) is 18.6 Å². The Labute approximate surface area is 121 Å². The van der Waals surface area contributed by atoms with Crippen LogP contribution in [0.5, 0.6) is 0 Å². The third-order valence-corrected chi connectivity index (χ3v) is 1.87. The van der Waals surface area contributed by atoms with Gasteiger partial charge in [0.05, 0.1) is 12.0 Å². The second-order valence-corrected chi connectivity index (χ2v) is 3.23. The van der Waals surface area contributed by atoms with Crippen LogP contribution >= 0.6 is 0 Å². The van der Waals surface area contributed by atoms with Crippen LogP contribution in [0.25, 0.3) is 0 Å². The molecular weight excluding hydrogens is 244 g/mol. The fourth-order valence-corrected chi connectivity index (χ4v) is 1.03. The van der Waals surface area contributed by atoms with Crippen LogP contribution in [0.3, 0.4) is 0 Å². The predicted molar refractivity (Wildman–Crippen MR) is 70.7 cm³/mol. The first-order chi connectivity index (χ1) is 8.20. The Hall–Kier alpha value is -1.44. The highest BCUT2D eigenvalue weighted by molar-refractivity contribution is 5.75. The highest BCUT2D eigenvalue weighted by Gasteiger charge is 2.12. The summed E-state index contributed by atoms with van der Waals surface area (Å²) in [5.41, 5.74) is 5.92. The van der Waals surface area contributed by atoms with Gasteiger partial charge in [0.25, 0.3) is 0 Å². The number of carbonyl (C=O) groups is 1. The first-order valence-electron chi connectivity index (χ1n) is 5.01. The quantitative estimate of drug-likeness (QED) is 0.647. The van der Waals surface area contributed by atoms with Crippen LogP contribution in [-0.2, 0) is 11.2 Å². The van der Waals surface area contributed by atoms with Gasteiger partial charge in [0.2, 0.25) is 0 Å². The molecule has 0 fully saturated rings. The molecule has 94 valence electrons. The highest BCUT2D eigenvalue weighted by atomic mass is 24.3. The number of carboxylic acid groups (broad SMARTS) is 1. The molecule has 0 amide bonds. The SMILES string of the molecule is NC(Cc1c[nH]cn1)C(=O)O.[MgH2].c1ccncc1. The molecule has 0 aliphatic rings. The number of pyridine rings is 1. The molecule has 0 aliphatic heterocycles. The van der Waals surface area contributed by atoms with E-state index in [2.05, 4.69) is 15.0 Å². The number of nitrogens with zero attached hydrogens (tertiary/aromatic N) is 2. The zero-order valence-electron chi connectivity index (χ0n) is 9.15. The maximum Gasteiger partial charge on any atom is 0.320 e. The fourth-order valence-electron chi connectivity index (χ4n) is 1.03. The van der Waals surface area contributed by atoms with Gasteiger partial charge in [-0.05, 0) is 12.1 Å². The lowest BCUT2D eigenvalue weighted by Crippen LogP contribution is -2.32. The van der Waals surface area contributed by atoms with Crippen molar-refractivity contribution in [2.24, 2.45) is 5.73 Å². The molecule has 0 aromatic carbocycles. The zero-order valence-corrected chi connectivity index (χ0v) is 9.15. The van der Waals surface area contributed by atoms with Gasteiger partial charge >= 0.3 is 29.0 Å². The maximum absolute atomic E-state index is 10.3. The summed E-state index contributed by atoms with van der Waals surface area (Å²) in [6.07, 6.45) is 6.88. The maximum atomic E-state index is 10.3. The zero-order chi connectivity index (χ0) is 12.5. The Morgan fingerprint density at radius 2 is 2.06 bits per heavy atom. The van der Waals surface area contributed by atoms with Crippen molar-refractivity contribution in [3.8, 4) is 0 Å². The summed E-state index contributed by atoms with van der Waals surface area (Å²) in [6.45, 7) is 0. The van der Waals surface area contributed by atoms with Crippen LogP contribution in [0, 0.1) is 0 Å².